The second kappa shape index (κ2) is 7.24. The maximum atomic E-state index is 11.9. The van der Waals surface area contributed by atoms with Crippen LogP contribution in [0.15, 0.2) is 58.6 Å². The number of nitrogens with zero attached hydrogens (tertiary/aromatic N) is 1. The molecule has 0 fully saturated rings. The molecule has 1 atom stereocenters. The van der Waals surface area contributed by atoms with Gasteiger partial charge in [0.25, 0.3) is 0 Å². The molecule has 0 aliphatic heterocycles. The van der Waals surface area contributed by atoms with E-state index in [1.807, 2.05) is 50.2 Å². The third-order valence-electron chi connectivity index (χ3n) is 3.03. The number of pyridine rings is 1. The third-order valence-corrected chi connectivity index (χ3v) is 4.04. The van der Waals surface area contributed by atoms with Crippen LogP contribution in [0.4, 0.5) is 5.69 Å². The van der Waals surface area contributed by atoms with Crippen molar-refractivity contribution in [2.24, 2.45) is 11.7 Å². The second-order valence-electron chi connectivity index (χ2n) is 5.07. The summed E-state index contributed by atoms with van der Waals surface area (Å²) in [5.41, 5.74) is 6.58. The van der Waals surface area contributed by atoms with Crippen LogP contribution in [0.25, 0.3) is 0 Å². The fourth-order valence-corrected chi connectivity index (χ4v) is 2.48. The van der Waals surface area contributed by atoms with Gasteiger partial charge < -0.3 is 11.1 Å². The Hall–Kier alpha value is -1.85. The van der Waals surface area contributed by atoms with Gasteiger partial charge in [0, 0.05) is 27.9 Å². The quantitative estimate of drug-likeness (QED) is 0.890. The molecule has 2 aromatic rings. The average Bonchev–Trinajstić information content (AvgIpc) is 2.49. The summed E-state index contributed by atoms with van der Waals surface area (Å²) in [6, 6.07) is 11.1. The Balaban J connectivity index is 1.98. The molecule has 2 rings (SSSR count). The molecule has 3 N–H and O–H groups in total. The van der Waals surface area contributed by atoms with Gasteiger partial charge in [-0.3, -0.25) is 9.78 Å². The summed E-state index contributed by atoms with van der Waals surface area (Å²) in [4.78, 5) is 18.1. The lowest BCUT2D eigenvalue weighted by atomic mass is 10.1. The van der Waals surface area contributed by atoms with Crippen molar-refractivity contribution >= 4 is 23.4 Å². The molecule has 0 unspecified atom stereocenters. The standard InChI is InChI=1S/C16H19N3OS/c1-11(2)15(17)16(20)19-12-3-5-13(6-4-12)21-14-7-9-18-10-8-14/h3-11,15H,17H2,1-2H3,(H,19,20)/t15-/m0/s1. The minimum atomic E-state index is -0.490. The topological polar surface area (TPSA) is 68.0 Å². The Bertz CT molecular complexity index is 584. The largest absolute Gasteiger partial charge is 0.325 e. The van der Waals surface area contributed by atoms with Crippen LogP contribution in [-0.2, 0) is 4.79 Å². The Morgan fingerprint density at radius 2 is 1.67 bits per heavy atom. The van der Waals surface area contributed by atoms with E-state index >= 15 is 0 Å². The Morgan fingerprint density at radius 1 is 1.10 bits per heavy atom. The first-order chi connectivity index (χ1) is 10.1. The van der Waals surface area contributed by atoms with Crippen molar-refractivity contribution < 1.29 is 4.79 Å². The van der Waals surface area contributed by atoms with Gasteiger partial charge in [-0.05, 0) is 42.3 Å². The lowest BCUT2D eigenvalue weighted by Crippen LogP contribution is -2.39. The van der Waals surface area contributed by atoms with Crippen LogP contribution >= 0.6 is 11.8 Å². The summed E-state index contributed by atoms with van der Waals surface area (Å²) in [6.45, 7) is 3.86. The van der Waals surface area contributed by atoms with Crippen molar-refractivity contribution in [1.82, 2.24) is 4.98 Å². The van der Waals surface area contributed by atoms with Crippen LogP contribution in [0.5, 0.6) is 0 Å². The van der Waals surface area contributed by atoms with Crippen molar-refractivity contribution in [2.75, 3.05) is 5.32 Å². The molecule has 0 saturated carbocycles. The number of hydrogen-bond donors (Lipinski definition) is 2. The zero-order chi connectivity index (χ0) is 15.2. The summed E-state index contributed by atoms with van der Waals surface area (Å²) >= 11 is 1.65. The molecule has 0 aliphatic rings. The highest BCUT2D eigenvalue weighted by Gasteiger charge is 2.16. The maximum absolute atomic E-state index is 11.9. The monoisotopic (exact) mass is 301 g/mol. The lowest BCUT2D eigenvalue weighted by molar-refractivity contribution is -0.118. The summed E-state index contributed by atoms with van der Waals surface area (Å²) < 4.78 is 0. The van der Waals surface area contributed by atoms with Crippen molar-refractivity contribution in [3.05, 3.63) is 48.8 Å². The first kappa shape index (κ1) is 15.5. The van der Waals surface area contributed by atoms with Gasteiger partial charge in [-0.2, -0.15) is 0 Å². The molecular weight excluding hydrogens is 282 g/mol. The highest BCUT2D eigenvalue weighted by atomic mass is 32.2. The van der Waals surface area contributed by atoms with Gasteiger partial charge in [-0.15, -0.1) is 0 Å². The second-order valence-corrected chi connectivity index (χ2v) is 6.22. The van der Waals surface area contributed by atoms with E-state index in [1.165, 1.54) is 0 Å². The van der Waals surface area contributed by atoms with E-state index in [-0.39, 0.29) is 11.8 Å². The first-order valence-corrected chi connectivity index (χ1v) is 7.62. The van der Waals surface area contributed by atoms with Gasteiger partial charge in [0.05, 0.1) is 6.04 Å². The Labute approximate surface area is 129 Å². The van der Waals surface area contributed by atoms with E-state index in [0.29, 0.717) is 0 Å². The summed E-state index contributed by atoms with van der Waals surface area (Å²) in [6.07, 6.45) is 3.54. The summed E-state index contributed by atoms with van der Waals surface area (Å²) in [5.74, 6) is -0.0361. The fraction of sp³-hybridized carbons (Fsp3) is 0.250. The molecule has 21 heavy (non-hydrogen) atoms. The molecule has 4 nitrogen and oxygen atoms in total. The molecule has 1 heterocycles. The first-order valence-electron chi connectivity index (χ1n) is 6.80. The number of rotatable bonds is 5. The number of carbonyl (C=O) groups excluding carboxylic acids is 1. The molecule has 5 heteroatoms. The number of amides is 1. The molecule has 1 aromatic heterocycles. The van der Waals surface area contributed by atoms with Gasteiger partial charge in [0.15, 0.2) is 0 Å². The van der Waals surface area contributed by atoms with Crippen molar-refractivity contribution in [2.45, 2.75) is 29.7 Å². The SMILES string of the molecule is CC(C)[C@H](N)C(=O)Nc1ccc(Sc2ccncc2)cc1. The van der Waals surface area contributed by atoms with Crippen molar-refractivity contribution in [3.8, 4) is 0 Å². The van der Waals surface area contributed by atoms with Crippen LogP contribution < -0.4 is 11.1 Å². The number of aromatic nitrogens is 1. The predicted molar refractivity (Wildman–Crippen MR) is 86.2 cm³/mol. The Kier molecular flexibility index (Phi) is 5.36. The molecule has 1 amide bonds. The molecule has 0 saturated heterocycles. The number of carbonyl (C=O) groups is 1. The lowest BCUT2D eigenvalue weighted by Gasteiger charge is -2.15. The normalized spacial score (nSPS) is 12.2. The number of nitrogens with one attached hydrogen (secondary N) is 1. The third kappa shape index (κ3) is 4.58. The van der Waals surface area contributed by atoms with Crippen molar-refractivity contribution in [3.63, 3.8) is 0 Å². The number of benzene rings is 1. The summed E-state index contributed by atoms with van der Waals surface area (Å²) in [7, 11) is 0. The Morgan fingerprint density at radius 3 is 2.24 bits per heavy atom. The van der Waals surface area contributed by atoms with Crippen LogP contribution in [0, 0.1) is 5.92 Å². The van der Waals surface area contributed by atoms with Crippen LogP contribution in [0.2, 0.25) is 0 Å². The maximum Gasteiger partial charge on any atom is 0.241 e. The van der Waals surface area contributed by atoms with Gasteiger partial charge in [-0.1, -0.05) is 25.6 Å². The zero-order valence-corrected chi connectivity index (χ0v) is 12.9. The van der Waals surface area contributed by atoms with Gasteiger partial charge in [0.2, 0.25) is 5.91 Å². The van der Waals surface area contributed by atoms with Crippen LogP contribution in [0.3, 0.4) is 0 Å². The van der Waals surface area contributed by atoms with Crippen LogP contribution in [-0.4, -0.2) is 16.9 Å². The van der Waals surface area contributed by atoms with Gasteiger partial charge in [0.1, 0.15) is 0 Å². The average molecular weight is 301 g/mol. The van der Waals surface area contributed by atoms with Crippen LogP contribution in [0.1, 0.15) is 13.8 Å². The smallest absolute Gasteiger partial charge is 0.241 e. The molecule has 110 valence electrons. The molecule has 0 radical (unpaired) electrons. The molecular formula is C16H19N3OS. The minimum Gasteiger partial charge on any atom is -0.325 e. The predicted octanol–water partition coefficient (Wildman–Crippen LogP) is 3.15. The molecule has 0 spiro atoms. The zero-order valence-electron chi connectivity index (χ0n) is 12.1. The highest BCUT2D eigenvalue weighted by molar-refractivity contribution is 7.99. The van der Waals surface area contributed by atoms with Gasteiger partial charge >= 0.3 is 0 Å². The molecule has 1 aromatic carbocycles. The van der Waals surface area contributed by atoms with E-state index in [4.69, 9.17) is 5.73 Å². The van der Waals surface area contributed by atoms with E-state index in [1.54, 1.807) is 24.2 Å². The highest BCUT2D eigenvalue weighted by Crippen LogP contribution is 2.27. The number of anilines is 1. The summed E-state index contributed by atoms with van der Waals surface area (Å²) in [5, 5.41) is 2.83. The fourth-order valence-electron chi connectivity index (χ4n) is 1.68. The van der Waals surface area contributed by atoms with Crippen molar-refractivity contribution in [1.29, 1.82) is 0 Å². The van der Waals surface area contributed by atoms with E-state index in [0.717, 1.165) is 15.5 Å². The number of hydrogen-bond acceptors (Lipinski definition) is 4. The number of nitrogens with two attached hydrogens (primary N) is 1. The molecule has 0 aliphatic carbocycles. The minimum absolute atomic E-state index is 0.117. The van der Waals surface area contributed by atoms with E-state index in [2.05, 4.69) is 10.3 Å². The van der Waals surface area contributed by atoms with E-state index in [9.17, 15) is 4.79 Å². The van der Waals surface area contributed by atoms with E-state index < -0.39 is 6.04 Å². The van der Waals surface area contributed by atoms with Gasteiger partial charge in [-0.25, -0.2) is 0 Å². The molecule has 0 bridgehead atoms.